The lowest BCUT2D eigenvalue weighted by atomic mass is 9.87. The largest absolute Gasteiger partial charge is 0.481 e. The first-order valence-electron chi connectivity index (χ1n) is 11.0. The minimum atomic E-state index is -0.795. The van der Waals surface area contributed by atoms with Crippen LogP contribution in [0.15, 0.2) is 36.4 Å². The van der Waals surface area contributed by atoms with Crippen LogP contribution in [0.1, 0.15) is 57.2 Å². The number of carboxylic acids is 1. The minimum absolute atomic E-state index is 0.0925. The van der Waals surface area contributed by atoms with Crippen LogP contribution < -0.4 is 0 Å². The van der Waals surface area contributed by atoms with Crippen molar-refractivity contribution >= 4 is 44.8 Å². The van der Waals surface area contributed by atoms with Gasteiger partial charge in [-0.3, -0.25) is 9.59 Å². The van der Waals surface area contributed by atoms with E-state index in [2.05, 4.69) is 6.07 Å². The van der Waals surface area contributed by atoms with Gasteiger partial charge in [0, 0.05) is 32.7 Å². The molecule has 168 valence electrons. The van der Waals surface area contributed by atoms with Crippen LogP contribution in [0.2, 0.25) is 5.02 Å². The molecule has 1 fully saturated rings. The number of aliphatic carboxylic acids is 1. The Morgan fingerprint density at radius 3 is 2.77 bits per heavy atom. The highest BCUT2D eigenvalue weighted by Crippen LogP contribution is 2.45. The molecule has 1 aromatic carbocycles. The van der Waals surface area contributed by atoms with Crippen molar-refractivity contribution in [3.05, 3.63) is 46.3 Å². The third-order valence-corrected chi connectivity index (χ3v) is 8.05. The van der Waals surface area contributed by atoms with Gasteiger partial charge < -0.3 is 10.2 Å². The molecule has 6 heteroatoms. The number of hydrogen-bond donors (Lipinski definition) is 2. The first kappa shape index (κ1) is 24.0. The molecule has 1 aliphatic carbocycles. The highest BCUT2D eigenvalue weighted by atomic mass is 35.5. The van der Waals surface area contributed by atoms with Crippen LogP contribution in [0, 0.1) is 17.3 Å². The summed E-state index contributed by atoms with van der Waals surface area (Å²) in [5.74, 6) is -0.542. The Labute approximate surface area is 192 Å². The van der Waals surface area contributed by atoms with E-state index in [1.54, 1.807) is 11.3 Å². The Morgan fingerprint density at radius 2 is 2.06 bits per heavy atom. The van der Waals surface area contributed by atoms with Gasteiger partial charge in [0.2, 0.25) is 0 Å². The van der Waals surface area contributed by atoms with Crippen molar-refractivity contribution in [2.24, 2.45) is 17.3 Å². The number of carboxylic acid groups (broad SMARTS) is 1. The van der Waals surface area contributed by atoms with E-state index < -0.39 is 12.1 Å². The lowest BCUT2D eigenvalue weighted by molar-refractivity contribution is -0.137. The molecule has 3 rings (SSSR count). The third kappa shape index (κ3) is 5.97. The number of aliphatic hydroxyl groups excluding tert-OH is 1. The molecule has 0 spiro atoms. The maximum Gasteiger partial charge on any atom is 0.303 e. The van der Waals surface area contributed by atoms with E-state index in [4.69, 9.17) is 16.7 Å². The summed E-state index contributed by atoms with van der Waals surface area (Å²) >= 11 is 8.17. The minimum Gasteiger partial charge on any atom is -0.481 e. The number of carbonyl (C=O) groups excluding carboxylic acids is 1. The van der Waals surface area contributed by atoms with Crippen LogP contribution in [0.4, 0.5) is 0 Å². The van der Waals surface area contributed by atoms with Gasteiger partial charge in [-0.05, 0) is 44.1 Å². The Balaban J connectivity index is 1.57. The van der Waals surface area contributed by atoms with Gasteiger partial charge in [0.1, 0.15) is 5.78 Å². The predicted octanol–water partition coefficient (Wildman–Crippen LogP) is 6.28. The van der Waals surface area contributed by atoms with Crippen molar-refractivity contribution in [3.63, 3.8) is 0 Å². The number of aliphatic hydroxyl groups is 1. The summed E-state index contributed by atoms with van der Waals surface area (Å²) in [6.07, 6.45) is 7.46. The van der Waals surface area contributed by atoms with Crippen molar-refractivity contribution < 1.29 is 19.8 Å². The summed E-state index contributed by atoms with van der Waals surface area (Å²) in [5.41, 5.74) is -0.373. The van der Waals surface area contributed by atoms with E-state index in [-0.39, 0.29) is 29.5 Å². The number of thiophene rings is 1. The van der Waals surface area contributed by atoms with Crippen LogP contribution in [-0.2, 0) is 16.0 Å². The number of hydrogen-bond acceptors (Lipinski definition) is 4. The van der Waals surface area contributed by atoms with Crippen molar-refractivity contribution in [3.8, 4) is 0 Å². The molecule has 1 heterocycles. The van der Waals surface area contributed by atoms with Crippen molar-refractivity contribution in [2.75, 3.05) is 0 Å². The van der Waals surface area contributed by atoms with E-state index in [9.17, 15) is 14.7 Å². The Morgan fingerprint density at radius 1 is 1.32 bits per heavy atom. The average Bonchev–Trinajstić information content (AvgIpc) is 3.15. The zero-order chi connectivity index (χ0) is 22.6. The predicted molar refractivity (Wildman–Crippen MR) is 127 cm³/mol. The molecule has 1 aromatic heterocycles. The van der Waals surface area contributed by atoms with Gasteiger partial charge >= 0.3 is 5.97 Å². The standard InChI is InChI=1S/C25H31ClO4S/c1-25(2)15-16(18(24(25)30)7-4-6-10-22(28)29)11-12-17(27)13-14-21-23(26)19-8-3-5-9-20(19)31-21/h3,5,8-9,11-12,16-18,27H,4,6-7,10,13-15H2,1-2H3,(H,28,29)/b12-11+/t16-,17?,18+/m0/s1. The summed E-state index contributed by atoms with van der Waals surface area (Å²) < 4.78 is 1.16. The van der Waals surface area contributed by atoms with Crippen LogP contribution in [0.3, 0.4) is 0 Å². The summed E-state index contributed by atoms with van der Waals surface area (Å²) in [7, 11) is 0. The van der Waals surface area contributed by atoms with Gasteiger partial charge in [0.05, 0.1) is 11.1 Å². The monoisotopic (exact) mass is 462 g/mol. The van der Waals surface area contributed by atoms with Crippen molar-refractivity contribution in [1.29, 1.82) is 0 Å². The van der Waals surface area contributed by atoms with Gasteiger partial charge in [-0.1, -0.05) is 62.2 Å². The number of carbonyl (C=O) groups is 2. The smallest absolute Gasteiger partial charge is 0.303 e. The average molecular weight is 463 g/mol. The number of unbranched alkanes of at least 4 members (excludes halogenated alkanes) is 1. The number of benzene rings is 1. The maximum absolute atomic E-state index is 12.8. The molecule has 1 unspecified atom stereocenters. The maximum atomic E-state index is 12.8. The normalized spacial score (nSPS) is 21.9. The third-order valence-electron chi connectivity index (χ3n) is 6.27. The van der Waals surface area contributed by atoms with E-state index in [0.717, 1.165) is 32.8 Å². The quantitative estimate of drug-likeness (QED) is 0.322. The first-order chi connectivity index (χ1) is 14.7. The number of fused-ring (bicyclic) bond motifs is 1. The fraction of sp³-hybridized carbons (Fsp3) is 0.520. The number of aryl methyl sites for hydroxylation is 1. The van der Waals surface area contributed by atoms with Crippen LogP contribution in [0.5, 0.6) is 0 Å². The molecule has 1 saturated carbocycles. The molecule has 1 aliphatic rings. The number of ketones is 1. The fourth-order valence-corrected chi connectivity index (χ4v) is 6.13. The van der Waals surface area contributed by atoms with Gasteiger partial charge in [0.25, 0.3) is 0 Å². The highest BCUT2D eigenvalue weighted by molar-refractivity contribution is 7.19. The molecule has 0 aliphatic heterocycles. The second-order valence-electron chi connectivity index (χ2n) is 9.19. The summed E-state index contributed by atoms with van der Waals surface area (Å²) in [6, 6.07) is 8.05. The summed E-state index contributed by atoms with van der Waals surface area (Å²) in [5, 5.41) is 21.2. The zero-order valence-electron chi connectivity index (χ0n) is 18.1. The summed E-state index contributed by atoms with van der Waals surface area (Å²) in [6.45, 7) is 3.96. The lowest BCUT2D eigenvalue weighted by Crippen LogP contribution is -2.22. The van der Waals surface area contributed by atoms with Gasteiger partial charge in [-0.25, -0.2) is 0 Å². The van der Waals surface area contributed by atoms with Gasteiger partial charge in [-0.15, -0.1) is 11.3 Å². The molecular formula is C25H31ClO4S. The lowest BCUT2D eigenvalue weighted by Gasteiger charge is -2.16. The molecule has 31 heavy (non-hydrogen) atoms. The topological polar surface area (TPSA) is 74.6 Å². The van der Waals surface area contributed by atoms with Gasteiger partial charge in [0.15, 0.2) is 0 Å². The van der Waals surface area contributed by atoms with Crippen molar-refractivity contribution in [2.45, 2.75) is 64.9 Å². The summed E-state index contributed by atoms with van der Waals surface area (Å²) in [4.78, 5) is 24.6. The fourth-order valence-electron chi connectivity index (χ4n) is 4.59. The Hall–Kier alpha value is -1.69. The number of Topliss-reactive ketones (excluding diaryl/α,β-unsaturated/α-hetero) is 1. The van der Waals surface area contributed by atoms with Crippen LogP contribution in [-0.4, -0.2) is 28.1 Å². The molecule has 3 atom stereocenters. The van der Waals surface area contributed by atoms with Gasteiger partial charge in [-0.2, -0.15) is 0 Å². The second-order valence-corrected chi connectivity index (χ2v) is 10.7. The molecule has 0 bridgehead atoms. The Kier molecular flexibility index (Phi) is 7.95. The van der Waals surface area contributed by atoms with E-state index in [1.165, 1.54) is 0 Å². The first-order valence-corrected chi connectivity index (χ1v) is 12.2. The molecule has 2 aromatic rings. The molecule has 2 N–H and O–H groups in total. The number of rotatable bonds is 10. The van der Waals surface area contributed by atoms with Crippen molar-refractivity contribution in [1.82, 2.24) is 0 Å². The molecular weight excluding hydrogens is 432 g/mol. The second kappa shape index (κ2) is 10.3. The van der Waals surface area contributed by atoms with E-state index in [0.29, 0.717) is 25.7 Å². The SMILES string of the molecule is CC1(C)C[C@H](/C=C/C(O)CCc2sc3ccccc3c2Cl)[C@@H](CCCCC(=O)O)C1=O. The molecule has 0 radical (unpaired) electrons. The highest BCUT2D eigenvalue weighted by Gasteiger charge is 2.45. The molecule has 0 amide bonds. The van der Waals surface area contributed by atoms with Crippen LogP contribution >= 0.6 is 22.9 Å². The van der Waals surface area contributed by atoms with E-state index in [1.807, 2.05) is 44.2 Å². The zero-order valence-corrected chi connectivity index (χ0v) is 19.7. The van der Waals surface area contributed by atoms with Crippen LogP contribution in [0.25, 0.3) is 10.1 Å². The molecule has 0 saturated heterocycles. The number of halogens is 1. The Bertz CT molecular complexity index is 962. The molecule has 4 nitrogen and oxygen atoms in total. The van der Waals surface area contributed by atoms with E-state index >= 15 is 0 Å². The number of allylic oxidation sites excluding steroid dienone is 1.